The zero-order chi connectivity index (χ0) is 21.3. The monoisotopic (exact) mass is 431 g/mol. The number of hydrogen-bond acceptors (Lipinski definition) is 3. The van der Waals surface area contributed by atoms with Crippen molar-refractivity contribution in [1.29, 1.82) is 0 Å². The van der Waals surface area contributed by atoms with Crippen LogP contribution in [0.1, 0.15) is 31.4 Å². The number of H-pyrrole nitrogens is 1. The minimum Gasteiger partial charge on any atom is -0.357 e. The van der Waals surface area contributed by atoms with Gasteiger partial charge in [-0.25, -0.2) is 4.79 Å². The molecule has 1 aromatic heterocycles. The summed E-state index contributed by atoms with van der Waals surface area (Å²) in [5.74, 6) is -0.117. The van der Waals surface area contributed by atoms with Gasteiger partial charge in [-0.15, -0.1) is 0 Å². The Bertz CT molecular complexity index is 975. The zero-order valence-corrected chi connectivity index (χ0v) is 17.7. The number of aromatic nitrogens is 1. The Morgan fingerprint density at radius 3 is 2.90 bits per heavy atom. The number of piperidine rings is 1. The lowest BCUT2D eigenvalue weighted by Crippen LogP contribution is -2.55. The van der Waals surface area contributed by atoms with Gasteiger partial charge < -0.3 is 25.4 Å². The Morgan fingerprint density at radius 1 is 1.30 bits per heavy atom. The molecule has 2 aliphatic heterocycles. The highest BCUT2D eigenvalue weighted by atomic mass is 35.5. The van der Waals surface area contributed by atoms with Crippen LogP contribution in [0.2, 0.25) is 5.02 Å². The number of likely N-dealkylation sites (tertiary alicyclic amines) is 1. The van der Waals surface area contributed by atoms with E-state index in [9.17, 15) is 14.4 Å². The number of benzene rings is 1. The third-order valence-electron chi connectivity index (χ3n) is 5.94. The molecule has 0 bridgehead atoms. The van der Waals surface area contributed by atoms with E-state index in [1.807, 2.05) is 24.3 Å². The molecule has 1 unspecified atom stereocenters. The number of fused-ring (bicyclic) bond motifs is 1. The molecule has 2 saturated heterocycles. The van der Waals surface area contributed by atoms with Crippen molar-refractivity contribution in [2.75, 3.05) is 20.1 Å². The quantitative estimate of drug-likeness (QED) is 0.692. The van der Waals surface area contributed by atoms with E-state index in [0.29, 0.717) is 37.5 Å². The molecule has 2 fully saturated rings. The maximum atomic E-state index is 12.7. The van der Waals surface area contributed by atoms with E-state index < -0.39 is 6.04 Å². The van der Waals surface area contributed by atoms with Crippen LogP contribution in [0, 0.1) is 0 Å². The summed E-state index contributed by atoms with van der Waals surface area (Å²) < 4.78 is 0. The van der Waals surface area contributed by atoms with Gasteiger partial charge in [0.05, 0.1) is 12.6 Å². The van der Waals surface area contributed by atoms with Gasteiger partial charge in [-0.2, -0.15) is 0 Å². The number of amides is 4. The minimum absolute atomic E-state index is 0.0453. The second-order valence-electron chi connectivity index (χ2n) is 8.03. The summed E-state index contributed by atoms with van der Waals surface area (Å²) in [5.41, 5.74) is 1.86. The van der Waals surface area contributed by atoms with E-state index in [-0.39, 0.29) is 23.9 Å². The van der Waals surface area contributed by atoms with Crippen LogP contribution >= 0.6 is 11.6 Å². The highest BCUT2D eigenvalue weighted by Crippen LogP contribution is 2.21. The Balaban J connectivity index is 1.32. The van der Waals surface area contributed by atoms with Gasteiger partial charge in [-0.1, -0.05) is 11.6 Å². The molecule has 4 rings (SSSR count). The number of hydrogen-bond donors (Lipinski definition) is 3. The second-order valence-corrected chi connectivity index (χ2v) is 8.47. The van der Waals surface area contributed by atoms with Crippen LogP contribution in [-0.4, -0.2) is 64.9 Å². The van der Waals surface area contributed by atoms with Gasteiger partial charge in [0.1, 0.15) is 6.04 Å². The van der Waals surface area contributed by atoms with E-state index >= 15 is 0 Å². The number of carbonyl (C=O) groups is 3. The SMILES string of the molecule is CN(C(=O)NCc1cc2cc(Cl)ccc2[nH]1)[C@@H]1CCCN(C(=O)C2CCC(=O)N2)C1. The number of aromatic amines is 1. The number of rotatable bonds is 4. The lowest BCUT2D eigenvalue weighted by molar-refractivity contribution is -0.136. The summed E-state index contributed by atoms with van der Waals surface area (Å²) in [6.07, 6.45) is 2.62. The fraction of sp³-hybridized carbons (Fsp3) is 0.476. The van der Waals surface area contributed by atoms with Crippen molar-refractivity contribution < 1.29 is 14.4 Å². The molecule has 0 spiro atoms. The minimum atomic E-state index is -0.425. The third kappa shape index (κ3) is 4.38. The first-order valence-electron chi connectivity index (χ1n) is 10.3. The molecule has 0 aliphatic carbocycles. The number of likely N-dealkylation sites (N-methyl/N-ethyl adjacent to an activating group) is 1. The molecular weight excluding hydrogens is 406 g/mol. The molecular formula is C21H26ClN5O3. The first kappa shape index (κ1) is 20.5. The molecule has 160 valence electrons. The molecule has 1 aromatic carbocycles. The molecule has 0 saturated carbocycles. The molecule has 2 atom stereocenters. The van der Waals surface area contributed by atoms with Crippen LogP contribution in [0.25, 0.3) is 10.9 Å². The highest BCUT2D eigenvalue weighted by Gasteiger charge is 2.34. The van der Waals surface area contributed by atoms with E-state index in [2.05, 4.69) is 15.6 Å². The number of halogens is 1. The molecule has 9 heteroatoms. The van der Waals surface area contributed by atoms with Gasteiger partial charge in [0.15, 0.2) is 0 Å². The summed E-state index contributed by atoms with van der Waals surface area (Å²) in [7, 11) is 1.76. The largest absolute Gasteiger partial charge is 0.357 e. The number of nitrogens with zero attached hydrogens (tertiary/aromatic N) is 2. The van der Waals surface area contributed by atoms with E-state index in [1.54, 1.807) is 16.8 Å². The molecule has 3 heterocycles. The maximum absolute atomic E-state index is 12.7. The first-order chi connectivity index (χ1) is 14.4. The van der Waals surface area contributed by atoms with Gasteiger partial charge >= 0.3 is 6.03 Å². The Kier molecular flexibility index (Phi) is 5.85. The average Bonchev–Trinajstić information content (AvgIpc) is 3.36. The van der Waals surface area contributed by atoms with Gasteiger partial charge in [0.25, 0.3) is 0 Å². The smallest absolute Gasteiger partial charge is 0.317 e. The van der Waals surface area contributed by atoms with Crippen molar-refractivity contribution in [1.82, 2.24) is 25.4 Å². The molecule has 30 heavy (non-hydrogen) atoms. The van der Waals surface area contributed by atoms with Crippen molar-refractivity contribution in [2.45, 2.75) is 44.3 Å². The van der Waals surface area contributed by atoms with Crippen LogP contribution in [0.15, 0.2) is 24.3 Å². The molecule has 2 aromatic rings. The number of nitrogens with one attached hydrogen (secondary N) is 3. The van der Waals surface area contributed by atoms with Crippen molar-refractivity contribution in [3.63, 3.8) is 0 Å². The summed E-state index contributed by atoms with van der Waals surface area (Å²) in [5, 5.41) is 7.35. The molecule has 0 radical (unpaired) electrons. The lowest BCUT2D eigenvalue weighted by atomic mass is 10.0. The zero-order valence-electron chi connectivity index (χ0n) is 16.9. The fourth-order valence-electron chi connectivity index (χ4n) is 4.21. The van der Waals surface area contributed by atoms with Crippen molar-refractivity contribution in [3.8, 4) is 0 Å². The first-order valence-corrected chi connectivity index (χ1v) is 10.6. The number of carbonyl (C=O) groups excluding carboxylic acids is 3. The Hall–Kier alpha value is -2.74. The second kappa shape index (κ2) is 8.55. The summed E-state index contributed by atoms with van der Waals surface area (Å²) in [6, 6.07) is 6.93. The summed E-state index contributed by atoms with van der Waals surface area (Å²) in [4.78, 5) is 43.5. The van der Waals surface area contributed by atoms with Crippen LogP contribution < -0.4 is 10.6 Å². The fourth-order valence-corrected chi connectivity index (χ4v) is 4.39. The summed E-state index contributed by atoms with van der Waals surface area (Å²) >= 11 is 6.03. The van der Waals surface area contributed by atoms with Crippen LogP contribution in [0.5, 0.6) is 0 Å². The maximum Gasteiger partial charge on any atom is 0.317 e. The standard InChI is InChI=1S/C21H26ClN5O3/c1-26(16-3-2-8-27(12-16)20(29)18-6-7-19(28)25-18)21(30)23-11-15-10-13-9-14(22)4-5-17(13)24-15/h4-5,9-10,16,18,24H,2-3,6-8,11-12H2,1H3,(H,23,30)(H,25,28)/t16-,18?/m1/s1. The van der Waals surface area contributed by atoms with Crippen molar-refractivity contribution in [2.24, 2.45) is 0 Å². The average molecular weight is 432 g/mol. The predicted molar refractivity (Wildman–Crippen MR) is 114 cm³/mol. The van der Waals surface area contributed by atoms with E-state index in [1.165, 1.54) is 0 Å². The van der Waals surface area contributed by atoms with Crippen LogP contribution in [-0.2, 0) is 16.1 Å². The van der Waals surface area contributed by atoms with Crippen molar-refractivity contribution in [3.05, 3.63) is 35.0 Å². The van der Waals surface area contributed by atoms with E-state index in [0.717, 1.165) is 29.4 Å². The summed E-state index contributed by atoms with van der Waals surface area (Å²) in [6.45, 7) is 1.52. The molecule has 8 nitrogen and oxygen atoms in total. The topological polar surface area (TPSA) is 97.5 Å². The van der Waals surface area contributed by atoms with Crippen LogP contribution in [0.3, 0.4) is 0 Å². The van der Waals surface area contributed by atoms with Crippen molar-refractivity contribution >= 4 is 40.3 Å². The molecule has 3 N–H and O–H groups in total. The highest BCUT2D eigenvalue weighted by molar-refractivity contribution is 6.31. The normalized spacial score (nSPS) is 21.5. The number of urea groups is 1. The van der Waals surface area contributed by atoms with Gasteiger partial charge in [-0.3, -0.25) is 9.59 Å². The van der Waals surface area contributed by atoms with Gasteiger partial charge in [0, 0.05) is 48.2 Å². The molecule has 2 aliphatic rings. The van der Waals surface area contributed by atoms with E-state index in [4.69, 9.17) is 11.6 Å². The predicted octanol–water partition coefficient (Wildman–Crippen LogP) is 2.23. The third-order valence-corrected chi connectivity index (χ3v) is 6.17. The molecule has 4 amide bonds. The van der Waals surface area contributed by atoms with Gasteiger partial charge in [0.2, 0.25) is 11.8 Å². The van der Waals surface area contributed by atoms with Gasteiger partial charge in [-0.05, 0) is 43.5 Å². The Morgan fingerprint density at radius 2 is 2.13 bits per heavy atom. The van der Waals surface area contributed by atoms with Crippen LogP contribution in [0.4, 0.5) is 4.79 Å². The lowest BCUT2D eigenvalue weighted by Gasteiger charge is -2.38. The Labute approximate surface area is 179 Å².